The Hall–Kier alpha value is -4.09. The van der Waals surface area contributed by atoms with E-state index in [9.17, 15) is 12.8 Å². The van der Waals surface area contributed by atoms with E-state index in [0.717, 1.165) is 0 Å². The minimum Gasteiger partial charge on any atom is -0.474 e. The maximum absolute atomic E-state index is 13.2. The molecule has 0 radical (unpaired) electrons. The first-order valence-corrected chi connectivity index (χ1v) is 13.2. The summed E-state index contributed by atoms with van der Waals surface area (Å²) < 4.78 is 46.8. The summed E-state index contributed by atoms with van der Waals surface area (Å²) in [4.78, 5) is 13.0. The number of benzene rings is 2. The molecule has 0 unspecified atom stereocenters. The summed E-state index contributed by atoms with van der Waals surface area (Å²) in [6.45, 7) is 0.753. The summed E-state index contributed by atoms with van der Waals surface area (Å²) in [6, 6.07) is 19.6. The van der Waals surface area contributed by atoms with Gasteiger partial charge in [-0.15, -0.1) is 0 Å². The van der Waals surface area contributed by atoms with Crippen molar-refractivity contribution in [1.82, 2.24) is 19.3 Å². The number of piperidine rings is 1. The Morgan fingerprint density at radius 1 is 0.838 bits per heavy atom. The molecule has 2 N–H and O–H groups in total. The smallest absolute Gasteiger partial charge is 0.243 e. The van der Waals surface area contributed by atoms with Crippen LogP contribution < -0.4 is 15.4 Å². The van der Waals surface area contributed by atoms with E-state index in [-0.39, 0.29) is 16.8 Å². The molecule has 190 valence electrons. The molecule has 0 atom stereocenters. The van der Waals surface area contributed by atoms with Crippen LogP contribution in [0.25, 0.3) is 0 Å². The van der Waals surface area contributed by atoms with Crippen LogP contribution in [0.4, 0.5) is 27.5 Å². The number of pyridine rings is 1. The van der Waals surface area contributed by atoms with Crippen molar-refractivity contribution < 1.29 is 17.5 Å². The van der Waals surface area contributed by atoms with Gasteiger partial charge in [0.2, 0.25) is 21.9 Å². The van der Waals surface area contributed by atoms with Gasteiger partial charge in [0.1, 0.15) is 17.7 Å². The van der Waals surface area contributed by atoms with E-state index in [4.69, 9.17) is 4.74 Å². The lowest BCUT2D eigenvalue weighted by Gasteiger charge is -2.31. The summed E-state index contributed by atoms with van der Waals surface area (Å²) in [5.41, 5.74) is 1.33. The third-order valence-corrected chi connectivity index (χ3v) is 7.76. The monoisotopic (exact) mass is 520 g/mol. The second-order valence-electron chi connectivity index (χ2n) is 8.44. The van der Waals surface area contributed by atoms with E-state index in [1.165, 1.54) is 16.4 Å². The van der Waals surface area contributed by atoms with Crippen molar-refractivity contribution in [3.05, 3.63) is 91.0 Å². The van der Waals surface area contributed by atoms with Crippen LogP contribution in [0.2, 0.25) is 0 Å². The molecule has 3 heterocycles. The standard InChI is InChI=1S/C26H25FN6O3S/c27-19-4-6-20(7-5-19)30-24-12-16-29-26(32-24)31-21-8-10-23(11-9-21)37(34,35)33-17-13-22(14-18-33)36-25-3-1-2-15-28-25/h1-12,15-16,22H,13-14,17-18H2,(H2,29,30,31,32). The summed E-state index contributed by atoms with van der Waals surface area (Å²) >= 11 is 0. The fraction of sp³-hybridized carbons (Fsp3) is 0.192. The van der Waals surface area contributed by atoms with Crippen molar-refractivity contribution in [2.45, 2.75) is 23.8 Å². The van der Waals surface area contributed by atoms with Crippen molar-refractivity contribution in [3.63, 3.8) is 0 Å². The van der Waals surface area contributed by atoms with E-state index >= 15 is 0 Å². The molecule has 9 nitrogen and oxygen atoms in total. The number of hydrogen-bond donors (Lipinski definition) is 2. The fourth-order valence-electron chi connectivity index (χ4n) is 3.94. The molecule has 11 heteroatoms. The Morgan fingerprint density at radius 3 is 2.24 bits per heavy atom. The molecule has 0 bridgehead atoms. The van der Waals surface area contributed by atoms with Gasteiger partial charge in [0.15, 0.2) is 0 Å². The van der Waals surface area contributed by atoms with Crippen LogP contribution in [-0.4, -0.2) is 46.9 Å². The highest BCUT2D eigenvalue weighted by atomic mass is 32.2. The van der Waals surface area contributed by atoms with Crippen LogP contribution in [0.1, 0.15) is 12.8 Å². The fourth-order valence-corrected chi connectivity index (χ4v) is 5.41. The molecule has 2 aromatic carbocycles. The van der Waals surface area contributed by atoms with Gasteiger partial charge in [0, 0.05) is 42.9 Å². The lowest BCUT2D eigenvalue weighted by molar-refractivity contribution is 0.130. The molecule has 1 aliphatic heterocycles. The first kappa shape index (κ1) is 24.6. The molecule has 0 amide bonds. The summed E-state index contributed by atoms with van der Waals surface area (Å²) in [5.74, 6) is 1.09. The molecule has 5 rings (SSSR count). The van der Waals surface area contributed by atoms with E-state index < -0.39 is 10.0 Å². The average Bonchev–Trinajstić information content (AvgIpc) is 2.91. The van der Waals surface area contributed by atoms with E-state index in [2.05, 4.69) is 25.6 Å². The van der Waals surface area contributed by atoms with Crippen molar-refractivity contribution in [3.8, 4) is 5.88 Å². The average molecular weight is 521 g/mol. The lowest BCUT2D eigenvalue weighted by Crippen LogP contribution is -2.41. The van der Waals surface area contributed by atoms with Gasteiger partial charge in [-0.25, -0.2) is 22.8 Å². The largest absolute Gasteiger partial charge is 0.474 e. The number of nitrogens with one attached hydrogen (secondary N) is 2. The van der Waals surface area contributed by atoms with Crippen molar-refractivity contribution in [2.75, 3.05) is 23.7 Å². The highest BCUT2D eigenvalue weighted by molar-refractivity contribution is 7.89. The van der Waals surface area contributed by atoms with Crippen LogP contribution in [0.3, 0.4) is 0 Å². The quantitative estimate of drug-likeness (QED) is 0.343. The summed E-state index contributed by atoms with van der Waals surface area (Å²) in [5, 5.41) is 6.16. The van der Waals surface area contributed by atoms with Crippen LogP contribution in [0, 0.1) is 5.82 Å². The first-order valence-electron chi connectivity index (χ1n) is 11.8. The lowest BCUT2D eigenvalue weighted by atomic mass is 10.1. The van der Waals surface area contributed by atoms with Gasteiger partial charge in [-0.2, -0.15) is 9.29 Å². The number of ether oxygens (including phenoxy) is 1. The van der Waals surface area contributed by atoms with E-state index in [0.29, 0.717) is 55.0 Å². The number of aromatic nitrogens is 3. The number of halogens is 1. The summed E-state index contributed by atoms with van der Waals surface area (Å²) in [7, 11) is -3.63. The molecule has 2 aromatic heterocycles. The molecule has 4 aromatic rings. The third-order valence-electron chi connectivity index (χ3n) is 5.85. The molecule has 1 aliphatic rings. The Kier molecular flexibility index (Phi) is 7.24. The van der Waals surface area contributed by atoms with Crippen molar-refractivity contribution in [2.24, 2.45) is 0 Å². The van der Waals surface area contributed by atoms with Gasteiger partial charge in [-0.3, -0.25) is 0 Å². The van der Waals surface area contributed by atoms with Gasteiger partial charge in [-0.05, 0) is 73.5 Å². The Labute approximate surface area is 214 Å². The van der Waals surface area contributed by atoms with Crippen molar-refractivity contribution >= 4 is 33.2 Å². The zero-order valence-electron chi connectivity index (χ0n) is 19.8. The Balaban J connectivity index is 1.19. The van der Waals surface area contributed by atoms with Crippen LogP contribution in [-0.2, 0) is 10.0 Å². The minimum absolute atomic E-state index is 0.0683. The number of rotatable bonds is 8. The summed E-state index contributed by atoms with van der Waals surface area (Å²) in [6.07, 6.45) is 4.37. The number of hydrogen-bond acceptors (Lipinski definition) is 8. The van der Waals surface area contributed by atoms with Crippen LogP contribution in [0.5, 0.6) is 5.88 Å². The SMILES string of the molecule is O=S(=O)(c1ccc(Nc2nccc(Nc3ccc(F)cc3)n2)cc1)N1CCC(Oc2ccccn2)CC1. The molecule has 1 saturated heterocycles. The van der Waals surface area contributed by atoms with Crippen molar-refractivity contribution in [1.29, 1.82) is 0 Å². The minimum atomic E-state index is -3.63. The second-order valence-corrected chi connectivity index (χ2v) is 10.4. The maximum Gasteiger partial charge on any atom is 0.243 e. The topological polar surface area (TPSA) is 109 Å². The van der Waals surface area contributed by atoms with Crippen LogP contribution >= 0.6 is 0 Å². The molecule has 0 aliphatic carbocycles. The molecular formula is C26H25FN6O3S. The van der Waals surface area contributed by atoms with Gasteiger partial charge in [0.05, 0.1) is 4.90 Å². The normalized spacial score (nSPS) is 14.7. The molecule has 0 spiro atoms. The van der Waals surface area contributed by atoms with Gasteiger partial charge >= 0.3 is 0 Å². The molecule has 1 fully saturated rings. The zero-order valence-corrected chi connectivity index (χ0v) is 20.6. The van der Waals surface area contributed by atoms with E-state index in [1.807, 2.05) is 12.1 Å². The Morgan fingerprint density at radius 2 is 1.54 bits per heavy atom. The zero-order chi connectivity index (χ0) is 25.7. The predicted molar refractivity (Wildman–Crippen MR) is 138 cm³/mol. The van der Waals surface area contributed by atoms with Gasteiger partial charge in [0.25, 0.3) is 0 Å². The molecule has 37 heavy (non-hydrogen) atoms. The molecular weight excluding hydrogens is 495 g/mol. The molecule has 0 saturated carbocycles. The number of nitrogens with zero attached hydrogens (tertiary/aromatic N) is 4. The highest BCUT2D eigenvalue weighted by Crippen LogP contribution is 2.25. The Bertz CT molecular complexity index is 1430. The highest BCUT2D eigenvalue weighted by Gasteiger charge is 2.30. The number of sulfonamides is 1. The van der Waals surface area contributed by atoms with Gasteiger partial charge < -0.3 is 15.4 Å². The third kappa shape index (κ3) is 6.19. The second kappa shape index (κ2) is 10.9. The maximum atomic E-state index is 13.2. The predicted octanol–water partition coefficient (Wildman–Crippen LogP) is 4.73. The van der Waals surface area contributed by atoms with Gasteiger partial charge in [-0.1, -0.05) is 6.07 Å². The first-order chi connectivity index (χ1) is 18.0. The van der Waals surface area contributed by atoms with E-state index in [1.54, 1.807) is 60.9 Å². The number of anilines is 4. The van der Waals surface area contributed by atoms with Crippen LogP contribution in [0.15, 0.2) is 90.1 Å².